The lowest BCUT2D eigenvalue weighted by molar-refractivity contribution is -0.145. The summed E-state index contributed by atoms with van der Waals surface area (Å²) in [6.07, 6.45) is 8.13. The fraction of sp³-hybridized carbons (Fsp3) is 0.435. The van der Waals surface area contributed by atoms with Crippen LogP contribution in [0.2, 0.25) is 0 Å². The molecule has 0 aliphatic carbocycles. The van der Waals surface area contributed by atoms with Gasteiger partial charge in [-0.15, -0.1) is 0 Å². The number of ether oxygens (including phenoxy) is 1. The highest BCUT2D eigenvalue weighted by Gasteiger charge is 2.27. The van der Waals surface area contributed by atoms with Crippen LogP contribution in [0.25, 0.3) is 10.9 Å². The molecule has 0 unspecified atom stereocenters. The van der Waals surface area contributed by atoms with E-state index in [1.54, 1.807) is 0 Å². The van der Waals surface area contributed by atoms with Crippen molar-refractivity contribution in [3.05, 3.63) is 48.2 Å². The topological polar surface area (TPSA) is 115 Å². The summed E-state index contributed by atoms with van der Waals surface area (Å²) in [5.74, 6) is -1.16. The Morgan fingerprint density at radius 1 is 1.19 bits per heavy atom. The van der Waals surface area contributed by atoms with E-state index in [9.17, 15) is 14.4 Å². The SMILES string of the molecule is COC(=O)[C@H]1CC=CCn2cc(c3ccccc32)CC(=O)N[C@@H](CCCCN)C(=O)N1. The lowest BCUT2D eigenvalue weighted by Crippen LogP contribution is -2.52. The lowest BCUT2D eigenvalue weighted by Gasteiger charge is -2.22. The van der Waals surface area contributed by atoms with Gasteiger partial charge in [-0.25, -0.2) is 4.79 Å². The maximum Gasteiger partial charge on any atom is 0.328 e. The number of aromatic nitrogens is 1. The third-order valence-corrected chi connectivity index (χ3v) is 5.46. The fourth-order valence-corrected chi connectivity index (χ4v) is 3.84. The molecular weight excluding hydrogens is 396 g/mol. The van der Waals surface area contributed by atoms with Crippen molar-refractivity contribution in [3.63, 3.8) is 0 Å². The van der Waals surface area contributed by atoms with E-state index in [0.29, 0.717) is 32.4 Å². The highest BCUT2D eigenvalue weighted by Crippen LogP contribution is 2.22. The van der Waals surface area contributed by atoms with Crippen LogP contribution < -0.4 is 16.4 Å². The number of methoxy groups -OCH3 is 1. The molecule has 0 fully saturated rings. The Kier molecular flexibility index (Phi) is 7.83. The van der Waals surface area contributed by atoms with E-state index in [0.717, 1.165) is 22.9 Å². The number of carbonyl (C=O) groups excluding carboxylic acids is 3. The first-order valence-electron chi connectivity index (χ1n) is 10.6. The van der Waals surface area contributed by atoms with Crippen molar-refractivity contribution in [2.75, 3.05) is 13.7 Å². The van der Waals surface area contributed by atoms with Gasteiger partial charge in [-0.3, -0.25) is 9.59 Å². The Balaban J connectivity index is 1.92. The van der Waals surface area contributed by atoms with Gasteiger partial charge >= 0.3 is 5.97 Å². The number of allylic oxidation sites excluding steroid dienone is 1. The number of unbranched alkanes of at least 4 members (excludes halogenated alkanes) is 1. The van der Waals surface area contributed by atoms with Gasteiger partial charge in [0.2, 0.25) is 11.8 Å². The maximum absolute atomic E-state index is 12.9. The van der Waals surface area contributed by atoms with Gasteiger partial charge in [0.1, 0.15) is 12.1 Å². The minimum absolute atomic E-state index is 0.165. The van der Waals surface area contributed by atoms with Gasteiger partial charge in [0.05, 0.1) is 13.5 Å². The van der Waals surface area contributed by atoms with Crippen molar-refractivity contribution < 1.29 is 19.1 Å². The highest BCUT2D eigenvalue weighted by molar-refractivity contribution is 5.93. The molecule has 3 rings (SSSR count). The van der Waals surface area contributed by atoms with E-state index in [2.05, 4.69) is 15.2 Å². The third kappa shape index (κ3) is 5.73. The van der Waals surface area contributed by atoms with Crippen LogP contribution in [0.15, 0.2) is 42.6 Å². The third-order valence-electron chi connectivity index (χ3n) is 5.46. The van der Waals surface area contributed by atoms with Gasteiger partial charge in [0.15, 0.2) is 0 Å². The second-order valence-corrected chi connectivity index (χ2v) is 7.70. The van der Waals surface area contributed by atoms with E-state index in [1.807, 2.05) is 42.6 Å². The Morgan fingerprint density at radius 3 is 2.77 bits per heavy atom. The summed E-state index contributed by atoms with van der Waals surface area (Å²) in [6.45, 7) is 1.10. The van der Waals surface area contributed by atoms with Crippen LogP contribution in [0.1, 0.15) is 31.2 Å². The van der Waals surface area contributed by atoms with Gasteiger partial charge in [-0.1, -0.05) is 30.4 Å². The number of carbonyl (C=O) groups is 3. The summed E-state index contributed by atoms with van der Waals surface area (Å²) in [6, 6.07) is 6.36. The lowest BCUT2D eigenvalue weighted by atomic mass is 10.1. The monoisotopic (exact) mass is 426 g/mol. The summed E-state index contributed by atoms with van der Waals surface area (Å²) in [7, 11) is 1.29. The molecule has 2 bridgehead atoms. The Morgan fingerprint density at radius 2 is 2.00 bits per heavy atom. The number of para-hydroxylation sites is 1. The van der Waals surface area contributed by atoms with Crippen molar-refractivity contribution in [1.29, 1.82) is 0 Å². The number of hydrogen-bond donors (Lipinski definition) is 3. The summed E-state index contributed by atoms with van der Waals surface area (Å²) in [5, 5.41) is 6.60. The van der Waals surface area contributed by atoms with Crippen molar-refractivity contribution in [1.82, 2.24) is 15.2 Å². The number of benzene rings is 1. The molecule has 2 amide bonds. The van der Waals surface area contributed by atoms with Crippen LogP contribution in [0.5, 0.6) is 0 Å². The maximum atomic E-state index is 12.9. The molecule has 0 saturated carbocycles. The molecule has 4 N–H and O–H groups in total. The minimum Gasteiger partial charge on any atom is -0.467 e. The number of fused-ring (bicyclic) bond motifs is 5. The number of nitrogens with one attached hydrogen (secondary N) is 2. The molecule has 8 nitrogen and oxygen atoms in total. The molecule has 1 aliphatic heterocycles. The van der Waals surface area contributed by atoms with Crippen molar-refractivity contribution in [2.24, 2.45) is 5.73 Å². The second-order valence-electron chi connectivity index (χ2n) is 7.70. The quantitative estimate of drug-likeness (QED) is 0.380. The minimum atomic E-state index is -0.817. The number of rotatable bonds is 5. The summed E-state index contributed by atoms with van der Waals surface area (Å²) < 4.78 is 6.92. The normalized spacial score (nSPS) is 20.1. The average Bonchev–Trinajstić information content (AvgIpc) is 3.11. The molecule has 2 heterocycles. The zero-order valence-corrected chi connectivity index (χ0v) is 17.8. The van der Waals surface area contributed by atoms with Crippen LogP contribution >= 0.6 is 0 Å². The van der Waals surface area contributed by atoms with E-state index in [-0.39, 0.29) is 12.3 Å². The zero-order valence-electron chi connectivity index (χ0n) is 17.8. The first kappa shape index (κ1) is 22.6. The molecule has 166 valence electrons. The molecule has 2 atom stereocenters. The molecule has 31 heavy (non-hydrogen) atoms. The van der Waals surface area contributed by atoms with Crippen LogP contribution in [0, 0.1) is 0 Å². The number of esters is 1. The summed E-state index contributed by atoms with van der Waals surface area (Å²) in [4.78, 5) is 37.9. The van der Waals surface area contributed by atoms with E-state index in [4.69, 9.17) is 10.5 Å². The van der Waals surface area contributed by atoms with Crippen LogP contribution in [-0.2, 0) is 32.1 Å². The van der Waals surface area contributed by atoms with Crippen molar-refractivity contribution in [2.45, 2.75) is 50.7 Å². The zero-order chi connectivity index (χ0) is 22.2. The highest BCUT2D eigenvalue weighted by atomic mass is 16.5. The van der Waals surface area contributed by atoms with Gasteiger partial charge in [0, 0.05) is 23.6 Å². The molecule has 1 aromatic carbocycles. The number of hydrogen-bond acceptors (Lipinski definition) is 5. The van der Waals surface area contributed by atoms with Gasteiger partial charge in [-0.05, 0) is 43.9 Å². The van der Waals surface area contributed by atoms with E-state index >= 15 is 0 Å². The molecule has 0 spiro atoms. The standard InChI is InChI=1S/C23H30N4O4/c1-31-23(30)19-10-5-7-13-27-15-16(17-8-2-3-11-20(17)27)14-21(28)25-18(22(29)26-19)9-4-6-12-24/h2-3,5,7-8,11,15,18-19H,4,6,9-10,12-14,24H2,1H3,(H,25,28)(H,26,29)/t18-,19+/m0/s1. The second kappa shape index (κ2) is 10.8. The smallest absolute Gasteiger partial charge is 0.328 e. The molecule has 1 aliphatic rings. The molecule has 8 heteroatoms. The van der Waals surface area contributed by atoms with Crippen LogP contribution in [0.3, 0.4) is 0 Å². The molecular formula is C23H30N4O4. The first-order chi connectivity index (χ1) is 15.0. The molecule has 1 aromatic heterocycles. The molecule has 0 radical (unpaired) electrons. The predicted molar refractivity (Wildman–Crippen MR) is 118 cm³/mol. The van der Waals surface area contributed by atoms with Gasteiger partial charge in [-0.2, -0.15) is 0 Å². The molecule has 0 saturated heterocycles. The number of amides is 2. The Labute approximate surface area is 181 Å². The van der Waals surface area contributed by atoms with Crippen molar-refractivity contribution >= 4 is 28.7 Å². The van der Waals surface area contributed by atoms with Crippen LogP contribution in [-0.4, -0.2) is 48.1 Å². The Hall–Kier alpha value is -3.13. The van der Waals surface area contributed by atoms with Gasteiger partial charge < -0.3 is 25.7 Å². The first-order valence-corrected chi connectivity index (χ1v) is 10.6. The number of nitrogens with two attached hydrogens (primary N) is 1. The summed E-state index contributed by atoms with van der Waals surface area (Å²) in [5.41, 5.74) is 7.51. The van der Waals surface area contributed by atoms with Crippen molar-refractivity contribution in [3.8, 4) is 0 Å². The van der Waals surface area contributed by atoms with E-state index < -0.39 is 24.0 Å². The fourth-order valence-electron chi connectivity index (χ4n) is 3.84. The predicted octanol–water partition coefficient (Wildman–Crippen LogP) is 1.42. The molecule has 2 aromatic rings. The summed E-state index contributed by atoms with van der Waals surface area (Å²) >= 11 is 0. The Bertz CT molecular complexity index is 966. The number of nitrogens with zero attached hydrogens (tertiary/aromatic N) is 1. The van der Waals surface area contributed by atoms with E-state index in [1.165, 1.54) is 7.11 Å². The average molecular weight is 427 g/mol. The van der Waals surface area contributed by atoms with Gasteiger partial charge in [0.25, 0.3) is 0 Å². The largest absolute Gasteiger partial charge is 0.467 e. The van der Waals surface area contributed by atoms with Crippen LogP contribution in [0.4, 0.5) is 0 Å².